The highest BCUT2D eigenvalue weighted by Crippen LogP contribution is 2.21. The van der Waals surface area contributed by atoms with Crippen molar-refractivity contribution in [3.63, 3.8) is 0 Å². The third-order valence-corrected chi connectivity index (χ3v) is 2.88. The Morgan fingerprint density at radius 3 is 2.87 bits per heavy atom. The lowest BCUT2D eigenvalue weighted by Crippen LogP contribution is -2.16. The monoisotopic (exact) mass is 206 g/mol. The molecule has 0 atom stereocenters. The number of hydrogen-bond acceptors (Lipinski definition) is 3. The molecule has 82 valence electrons. The molecule has 1 aromatic rings. The molecule has 3 heteroatoms. The van der Waals surface area contributed by atoms with Gasteiger partial charge in [-0.05, 0) is 30.5 Å². The van der Waals surface area contributed by atoms with Crippen molar-refractivity contribution in [1.82, 2.24) is 4.98 Å². The minimum Gasteiger partial charge on any atom is -0.384 e. The van der Waals surface area contributed by atoms with E-state index in [0.717, 1.165) is 5.56 Å². The molecule has 0 spiro atoms. The number of ether oxygens (including phenoxy) is 1. The van der Waals surface area contributed by atoms with Gasteiger partial charge in [0.15, 0.2) is 0 Å². The van der Waals surface area contributed by atoms with Gasteiger partial charge in [-0.2, -0.15) is 0 Å². The van der Waals surface area contributed by atoms with Crippen LogP contribution >= 0.6 is 0 Å². The Kier molecular flexibility index (Phi) is 3.56. The molecule has 0 unspecified atom stereocenters. The number of nitrogens with two attached hydrogens (primary N) is 1. The number of nitrogens with zero attached hydrogens (tertiary/aromatic N) is 1. The van der Waals surface area contributed by atoms with Crippen LogP contribution in [0, 0.1) is 0 Å². The van der Waals surface area contributed by atoms with Gasteiger partial charge in [0.25, 0.3) is 0 Å². The van der Waals surface area contributed by atoms with E-state index in [9.17, 15) is 0 Å². The minimum atomic E-state index is 0.452. The Morgan fingerprint density at radius 2 is 2.13 bits per heavy atom. The van der Waals surface area contributed by atoms with Crippen LogP contribution in [0.1, 0.15) is 37.7 Å². The van der Waals surface area contributed by atoms with Gasteiger partial charge in [0.1, 0.15) is 5.82 Å². The van der Waals surface area contributed by atoms with Gasteiger partial charge in [-0.3, -0.25) is 0 Å². The highest BCUT2D eigenvalue weighted by Gasteiger charge is 2.13. The summed E-state index contributed by atoms with van der Waals surface area (Å²) in [5.41, 5.74) is 6.72. The second-order valence-corrected chi connectivity index (χ2v) is 4.16. The number of anilines is 1. The molecule has 0 radical (unpaired) electrons. The van der Waals surface area contributed by atoms with E-state index >= 15 is 0 Å². The fourth-order valence-electron chi connectivity index (χ4n) is 2.03. The van der Waals surface area contributed by atoms with Crippen LogP contribution in [-0.4, -0.2) is 11.1 Å². The summed E-state index contributed by atoms with van der Waals surface area (Å²) in [6, 6.07) is 3.84. The summed E-state index contributed by atoms with van der Waals surface area (Å²) < 4.78 is 5.84. The number of pyridine rings is 1. The lowest BCUT2D eigenvalue weighted by Gasteiger charge is -2.21. The maximum atomic E-state index is 5.84. The van der Waals surface area contributed by atoms with Crippen molar-refractivity contribution in [3.05, 3.63) is 23.9 Å². The lowest BCUT2D eigenvalue weighted by atomic mass is 9.98. The Labute approximate surface area is 90.7 Å². The molecule has 15 heavy (non-hydrogen) atoms. The van der Waals surface area contributed by atoms with Crippen molar-refractivity contribution in [1.29, 1.82) is 0 Å². The van der Waals surface area contributed by atoms with E-state index in [1.54, 1.807) is 6.20 Å². The van der Waals surface area contributed by atoms with Gasteiger partial charge in [-0.1, -0.05) is 19.3 Å². The molecule has 0 aliphatic heterocycles. The summed E-state index contributed by atoms with van der Waals surface area (Å²) in [4.78, 5) is 3.96. The highest BCUT2D eigenvalue weighted by molar-refractivity contribution is 5.31. The Bertz CT molecular complexity index is 308. The van der Waals surface area contributed by atoms with E-state index in [0.29, 0.717) is 18.5 Å². The molecular weight excluding hydrogens is 188 g/mol. The molecule has 1 fully saturated rings. The number of hydrogen-bond donors (Lipinski definition) is 1. The quantitative estimate of drug-likeness (QED) is 0.826. The van der Waals surface area contributed by atoms with Crippen molar-refractivity contribution in [2.24, 2.45) is 0 Å². The van der Waals surface area contributed by atoms with Crippen molar-refractivity contribution < 1.29 is 4.74 Å². The number of rotatable bonds is 3. The molecule has 0 saturated heterocycles. The van der Waals surface area contributed by atoms with Gasteiger partial charge in [0, 0.05) is 6.20 Å². The van der Waals surface area contributed by atoms with Crippen LogP contribution in [0.5, 0.6) is 0 Å². The van der Waals surface area contributed by atoms with Crippen LogP contribution in [0.25, 0.3) is 0 Å². The first-order chi connectivity index (χ1) is 7.34. The minimum absolute atomic E-state index is 0.452. The maximum Gasteiger partial charge on any atom is 0.123 e. The zero-order valence-corrected chi connectivity index (χ0v) is 8.98. The van der Waals surface area contributed by atoms with E-state index in [1.165, 1.54) is 32.1 Å². The zero-order valence-electron chi connectivity index (χ0n) is 8.98. The van der Waals surface area contributed by atoms with E-state index in [4.69, 9.17) is 10.5 Å². The van der Waals surface area contributed by atoms with E-state index in [-0.39, 0.29) is 0 Å². The topological polar surface area (TPSA) is 48.1 Å². The molecule has 1 heterocycles. The van der Waals surface area contributed by atoms with Gasteiger partial charge < -0.3 is 10.5 Å². The zero-order chi connectivity index (χ0) is 10.5. The average Bonchev–Trinajstić information content (AvgIpc) is 2.28. The van der Waals surface area contributed by atoms with E-state index < -0.39 is 0 Å². The Balaban J connectivity index is 1.81. The van der Waals surface area contributed by atoms with Gasteiger partial charge in [-0.25, -0.2) is 4.98 Å². The molecule has 0 aromatic carbocycles. The predicted molar refractivity (Wildman–Crippen MR) is 60.3 cm³/mol. The smallest absolute Gasteiger partial charge is 0.123 e. The fourth-order valence-corrected chi connectivity index (χ4v) is 2.03. The Hall–Kier alpha value is -1.09. The molecule has 0 amide bonds. The second kappa shape index (κ2) is 5.12. The summed E-state index contributed by atoms with van der Waals surface area (Å²) in [5.74, 6) is 0.569. The molecule has 2 N–H and O–H groups in total. The molecule has 1 aromatic heterocycles. The maximum absolute atomic E-state index is 5.84. The van der Waals surface area contributed by atoms with Crippen LogP contribution < -0.4 is 5.73 Å². The summed E-state index contributed by atoms with van der Waals surface area (Å²) in [7, 11) is 0. The second-order valence-electron chi connectivity index (χ2n) is 4.16. The van der Waals surface area contributed by atoms with E-state index in [2.05, 4.69) is 4.98 Å². The highest BCUT2D eigenvalue weighted by atomic mass is 16.5. The molecule has 1 saturated carbocycles. The van der Waals surface area contributed by atoms with Crippen molar-refractivity contribution >= 4 is 5.82 Å². The third-order valence-electron chi connectivity index (χ3n) is 2.88. The van der Waals surface area contributed by atoms with Crippen LogP contribution in [0.15, 0.2) is 18.3 Å². The molecule has 2 rings (SSSR count). The van der Waals surface area contributed by atoms with Crippen LogP contribution in [0.4, 0.5) is 5.82 Å². The van der Waals surface area contributed by atoms with Crippen molar-refractivity contribution in [2.75, 3.05) is 5.73 Å². The molecule has 3 nitrogen and oxygen atoms in total. The Morgan fingerprint density at radius 1 is 1.33 bits per heavy atom. The van der Waals surface area contributed by atoms with Crippen LogP contribution in [-0.2, 0) is 11.3 Å². The van der Waals surface area contributed by atoms with Gasteiger partial charge in [-0.15, -0.1) is 0 Å². The van der Waals surface area contributed by atoms with Crippen LogP contribution in [0.2, 0.25) is 0 Å². The molecule has 1 aliphatic carbocycles. The first-order valence-electron chi connectivity index (χ1n) is 5.66. The first kappa shape index (κ1) is 10.4. The van der Waals surface area contributed by atoms with Gasteiger partial charge in [0.05, 0.1) is 12.7 Å². The van der Waals surface area contributed by atoms with Gasteiger partial charge >= 0.3 is 0 Å². The normalized spacial score (nSPS) is 17.9. The average molecular weight is 206 g/mol. The van der Waals surface area contributed by atoms with E-state index in [1.807, 2.05) is 12.1 Å². The standard InChI is InChI=1S/C12H18N2O/c13-12-8-10(6-7-14-12)9-15-11-4-2-1-3-5-11/h6-8,11H,1-5,9H2,(H2,13,14). The molecule has 0 bridgehead atoms. The summed E-state index contributed by atoms with van der Waals surface area (Å²) in [6.45, 7) is 0.664. The molecular formula is C12H18N2O. The summed E-state index contributed by atoms with van der Waals surface area (Å²) >= 11 is 0. The van der Waals surface area contributed by atoms with Crippen molar-refractivity contribution in [3.8, 4) is 0 Å². The first-order valence-corrected chi connectivity index (χ1v) is 5.66. The van der Waals surface area contributed by atoms with Crippen LogP contribution in [0.3, 0.4) is 0 Å². The van der Waals surface area contributed by atoms with Crippen molar-refractivity contribution in [2.45, 2.75) is 44.8 Å². The number of nitrogen functional groups attached to an aromatic ring is 1. The fraction of sp³-hybridized carbons (Fsp3) is 0.583. The third kappa shape index (κ3) is 3.20. The largest absolute Gasteiger partial charge is 0.384 e. The van der Waals surface area contributed by atoms with Gasteiger partial charge in [0.2, 0.25) is 0 Å². The molecule has 1 aliphatic rings. The number of aromatic nitrogens is 1. The lowest BCUT2D eigenvalue weighted by molar-refractivity contribution is 0.0168. The summed E-state index contributed by atoms with van der Waals surface area (Å²) in [5, 5.41) is 0. The predicted octanol–water partition coefficient (Wildman–Crippen LogP) is 2.51. The SMILES string of the molecule is Nc1cc(COC2CCCCC2)ccn1. The summed E-state index contributed by atoms with van der Waals surface area (Å²) in [6.07, 6.45) is 8.58.